The van der Waals surface area contributed by atoms with Gasteiger partial charge in [0.1, 0.15) is 12.4 Å². The van der Waals surface area contributed by atoms with Gasteiger partial charge < -0.3 is 4.74 Å². The topological polar surface area (TPSA) is 9.23 Å². The van der Waals surface area contributed by atoms with E-state index < -0.39 is 0 Å². The van der Waals surface area contributed by atoms with E-state index in [0.717, 1.165) is 5.75 Å². The molecule has 0 atom stereocenters. The molecule has 2 rings (SSSR count). The highest BCUT2D eigenvalue weighted by Gasteiger charge is 1.95. The van der Waals surface area contributed by atoms with Crippen LogP contribution in [0.25, 0.3) is 0 Å². The van der Waals surface area contributed by atoms with Crippen molar-refractivity contribution in [2.75, 3.05) is 0 Å². The lowest BCUT2D eigenvalue weighted by Crippen LogP contribution is -1.94. The molecular formula is C13H10IO. The molecule has 0 aliphatic rings. The first-order chi connectivity index (χ1) is 7.34. The fraction of sp³-hybridized carbons (Fsp3) is 0.0769. The minimum Gasteiger partial charge on any atom is -0.488 e. The summed E-state index contributed by atoms with van der Waals surface area (Å²) in [7, 11) is 0. The molecule has 0 saturated carbocycles. The zero-order valence-electron chi connectivity index (χ0n) is 8.11. The first kappa shape index (κ1) is 10.5. The van der Waals surface area contributed by atoms with E-state index in [1.54, 1.807) is 0 Å². The van der Waals surface area contributed by atoms with Crippen molar-refractivity contribution in [2.45, 2.75) is 6.61 Å². The average Bonchev–Trinajstić information content (AvgIpc) is 2.30. The van der Waals surface area contributed by atoms with Crippen LogP contribution >= 0.6 is 22.6 Å². The number of hydrogen-bond donors (Lipinski definition) is 0. The van der Waals surface area contributed by atoms with E-state index in [2.05, 4.69) is 28.7 Å². The highest BCUT2D eigenvalue weighted by atomic mass is 127. The Kier molecular flexibility index (Phi) is 3.61. The third-order valence-electron chi connectivity index (χ3n) is 1.98. The van der Waals surface area contributed by atoms with Crippen LogP contribution < -0.4 is 4.74 Å². The van der Waals surface area contributed by atoms with Crippen molar-refractivity contribution in [3.05, 3.63) is 63.7 Å². The van der Waals surface area contributed by atoms with Gasteiger partial charge >= 0.3 is 0 Å². The molecule has 0 unspecified atom stereocenters. The number of halogens is 1. The minimum atomic E-state index is 0.595. The lowest BCUT2D eigenvalue weighted by atomic mass is 10.2. The maximum atomic E-state index is 5.59. The van der Waals surface area contributed by atoms with E-state index in [1.807, 2.05) is 48.5 Å². The maximum Gasteiger partial charge on any atom is 0.127 e. The van der Waals surface area contributed by atoms with Crippen molar-refractivity contribution < 1.29 is 4.74 Å². The fourth-order valence-corrected chi connectivity index (χ4v) is 1.55. The van der Waals surface area contributed by atoms with Crippen LogP contribution in [-0.2, 0) is 6.61 Å². The molecule has 2 aromatic carbocycles. The summed E-state index contributed by atoms with van der Waals surface area (Å²) in [6.07, 6.45) is 0. The standard InChI is InChI=1S/C13H10IO/c14-12-6-8-13(9-7-12)15-10-11-4-2-1-3-5-11/h1-8H,10H2. The molecule has 15 heavy (non-hydrogen) atoms. The van der Waals surface area contributed by atoms with Crippen LogP contribution in [0.1, 0.15) is 5.56 Å². The molecule has 0 spiro atoms. The summed E-state index contributed by atoms with van der Waals surface area (Å²) in [6, 6.07) is 19.1. The van der Waals surface area contributed by atoms with Gasteiger partial charge in [0.25, 0.3) is 0 Å². The number of hydrogen-bond acceptors (Lipinski definition) is 1. The van der Waals surface area contributed by atoms with Gasteiger partial charge in [0.2, 0.25) is 0 Å². The van der Waals surface area contributed by atoms with Gasteiger partial charge in [0.15, 0.2) is 0 Å². The Bertz CT molecular complexity index is 408. The molecule has 0 saturated heterocycles. The Balaban J connectivity index is 1.96. The first-order valence-electron chi connectivity index (χ1n) is 4.68. The van der Waals surface area contributed by atoms with E-state index in [4.69, 9.17) is 4.74 Å². The Hall–Kier alpha value is -1.03. The monoisotopic (exact) mass is 309 g/mol. The van der Waals surface area contributed by atoms with Crippen molar-refractivity contribution >= 4 is 22.6 Å². The Morgan fingerprint density at radius 1 is 1.07 bits per heavy atom. The molecular weight excluding hydrogens is 299 g/mol. The fourth-order valence-electron chi connectivity index (χ4n) is 1.22. The van der Waals surface area contributed by atoms with Crippen molar-refractivity contribution in [1.29, 1.82) is 0 Å². The molecule has 0 aliphatic carbocycles. The zero-order chi connectivity index (χ0) is 10.5. The Morgan fingerprint density at radius 3 is 2.53 bits per heavy atom. The third kappa shape index (κ3) is 3.23. The lowest BCUT2D eigenvalue weighted by Gasteiger charge is -2.05. The van der Waals surface area contributed by atoms with Gasteiger partial charge in [0.05, 0.1) is 0 Å². The third-order valence-corrected chi connectivity index (χ3v) is 2.65. The molecule has 0 heterocycles. The van der Waals surface area contributed by atoms with Gasteiger partial charge in [0, 0.05) is 9.64 Å². The van der Waals surface area contributed by atoms with Crippen LogP contribution in [-0.4, -0.2) is 0 Å². The SMILES string of the molecule is Ic1c[c]c(OCc2ccccc2)cc1. The van der Waals surface area contributed by atoms with Crippen LogP contribution in [0, 0.1) is 9.64 Å². The molecule has 0 aromatic heterocycles. The first-order valence-corrected chi connectivity index (χ1v) is 5.76. The van der Waals surface area contributed by atoms with Crippen molar-refractivity contribution in [3.8, 4) is 5.75 Å². The van der Waals surface area contributed by atoms with Gasteiger partial charge in [-0.2, -0.15) is 0 Å². The van der Waals surface area contributed by atoms with Crippen LogP contribution in [0.15, 0.2) is 48.5 Å². The molecule has 1 radical (unpaired) electrons. The van der Waals surface area contributed by atoms with E-state index in [9.17, 15) is 0 Å². The molecule has 0 bridgehead atoms. The minimum absolute atomic E-state index is 0.595. The molecule has 2 aromatic rings. The van der Waals surface area contributed by atoms with Crippen molar-refractivity contribution in [3.63, 3.8) is 0 Å². The summed E-state index contributed by atoms with van der Waals surface area (Å²) in [6.45, 7) is 0.595. The summed E-state index contributed by atoms with van der Waals surface area (Å²) >= 11 is 2.25. The largest absolute Gasteiger partial charge is 0.488 e. The van der Waals surface area contributed by atoms with Gasteiger partial charge in [-0.05, 0) is 46.4 Å². The quantitative estimate of drug-likeness (QED) is 0.786. The van der Waals surface area contributed by atoms with E-state index >= 15 is 0 Å². The summed E-state index contributed by atoms with van der Waals surface area (Å²) in [5, 5.41) is 0. The highest BCUT2D eigenvalue weighted by molar-refractivity contribution is 14.1. The Morgan fingerprint density at radius 2 is 1.87 bits per heavy atom. The molecule has 0 N–H and O–H groups in total. The summed E-state index contributed by atoms with van der Waals surface area (Å²) in [4.78, 5) is 0. The second-order valence-corrected chi connectivity index (χ2v) is 4.39. The summed E-state index contributed by atoms with van der Waals surface area (Å²) < 4.78 is 6.75. The molecule has 0 fully saturated rings. The number of rotatable bonds is 3. The van der Waals surface area contributed by atoms with Crippen molar-refractivity contribution in [2.24, 2.45) is 0 Å². The lowest BCUT2D eigenvalue weighted by molar-refractivity contribution is 0.305. The maximum absolute atomic E-state index is 5.59. The molecule has 75 valence electrons. The average molecular weight is 309 g/mol. The molecule has 2 heteroatoms. The van der Waals surface area contributed by atoms with Crippen LogP contribution in [0.5, 0.6) is 5.75 Å². The van der Waals surface area contributed by atoms with E-state index in [0.29, 0.717) is 6.61 Å². The van der Waals surface area contributed by atoms with Gasteiger partial charge in [-0.15, -0.1) is 0 Å². The smallest absolute Gasteiger partial charge is 0.127 e. The Labute approximate surface area is 103 Å². The van der Waals surface area contributed by atoms with E-state index in [-0.39, 0.29) is 0 Å². The molecule has 1 nitrogen and oxygen atoms in total. The zero-order valence-corrected chi connectivity index (χ0v) is 10.3. The van der Waals surface area contributed by atoms with Crippen LogP contribution in [0.2, 0.25) is 0 Å². The number of ether oxygens (including phenoxy) is 1. The van der Waals surface area contributed by atoms with Crippen LogP contribution in [0.3, 0.4) is 0 Å². The van der Waals surface area contributed by atoms with Gasteiger partial charge in [-0.1, -0.05) is 30.3 Å². The van der Waals surface area contributed by atoms with Gasteiger partial charge in [-0.3, -0.25) is 0 Å². The predicted octanol–water partition coefficient (Wildman–Crippen LogP) is 3.67. The predicted molar refractivity (Wildman–Crippen MR) is 68.8 cm³/mol. The van der Waals surface area contributed by atoms with Gasteiger partial charge in [-0.25, -0.2) is 0 Å². The summed E-state index contributed by atoms with van der Waals surface area (Å²) in [5.41, 5.74) is 1.17. The highest BCUT2D eigenvalue weighted by Crippen LogP contribution is 2.14. The van der Waals surface area contributed by atoms with Crippen LogP contribution in [0.4, 0.5) is 0 Å². The van der Waals surface area contributed by atoms with Crippen molar-refractivity contribution in [1.82, 2.24) is 0 Å². The molecule has 0 aliphatic heterocycles. The molecule has 0 amide bonds. The summed E-state index contributed by atoms with van der Waals surface area (Å²) in [5.74, 6) is 0.791. The number of benzene rings is 2. The second-order valence-electron chi connectivity index (χ2n) is 3.15. The normalized spacial score (nSPS) is 9.93. The van der Waals surface area contributed by atoms with E-state index in [1.165, 1.54) is 9.13 Å². The second kappa shape index (κ2) is 5.16.